The monoisotopic (exact) mass is 416 g/mol. The summed E-state index contributed by atoms with van der Waals surface area (Å²) in [4.78, 5) is 11.8. The second-order valence-electron chi connectivity index (χ2n) is 6.87. The average Bonchev–Trinajstić information content (AvgIpc) is 3.38. The number of fused-ring (bicyclic) bond motifs is 1. The Labute approximate surface area is 170 Å². The highest BCUT2D eigenvalue weighted by atomic mass is 32.2. The highest BCUT2D eigenvalue weighted by Crippen LogP contribution is 2.38. The number of thiophene rings is 1. The van der Waals surface area contributed by atoms with Crippen LogP contribution in [0.3, 0.4) is 0 Å². The second kappa shape index (κ2) is 7.88. The Morgan fingerprint density at radius 1 is 1.50 bits per heavy atom. The Morgan fingerprint density at radius 3 is 3.11 bits per heavy atom. The van der Waals surface area contributed by atoms with E-state index in [9.17, 15) is 10.1 Å². The minimum absolute atomic E-state index is 0.0204. The molecule has 1 atom stereocenters. The summed E-state index contributed by atoms with van der Waals surface area (Å²) < 4.78 is 3.58. The van der Waals surface area contributed by atoms with Crippen LogP contribution >= 0.6 is 23.1 Å². The van der Waals surface area contributed by atoms with Crippen LogP contribution in [-0.2, 0) is 25.3 Å². The van der Waals surface area contributed by atoms with Crippen LogP contribution in [0.2, 0.25) is 0 Å². The van der Waals surface area contributed by atoms with Gasteiger partial charge >= 0.3 is 5.69 Å². The molecule has 0 saturated heterocycles. The minimum Gasteiger partial charge on any atom is -0.298 e. The molecular formula is C18H20N6O2S2. The van der Waals surface area contributed by atoms with E-state index in [2.05, 4.69) is 38.7 Å². The molecule has 0 fully saturated rings. The van der Waals surface area contributed by atoms with Crippen molar-refractivity contribution >= 4 is 28.8 Å². The number of thioether (sulfide) groups is 1. The van der Waals surface area contributed by atoms with Crippen molar-refractivity contribution in [2.24, 2.45) is 5.92 Å². The maximum atomic E-state index is 10.8. The van der Waals surface area contributed by atoms with E-state index in [0.717, 1.165) is 29.7 Å². The number of rotatable bonds is 7. The first-order valence-corrected chi connectivity index (χ1v) is 10.9. The first kappa shape index (κ1) is 18.9. The average molecular weight is 417 g/mol. The van der Waals surface area contributed by atoms with E-state index >= 15 is 0 Å². The molecule has 8 nitrogen and oxygen atoms in total. The van der Waals surface area contributed by atoms with E-state index in [1.54, 1.807) is 0 Å². The summed E-state index contributed by atoms with van der Waals surface area (Å²) in [7, 11) is 0. The lowest BCUT2D eigenvalue weighted by molar-refractivity contribution is -0.385. The first-order valence-electron chi connectivity index (χ1n) is 9.00. The SMILES string of the molecule is C=CCn1c(SCn2cc([N+](=O)[O-])cn2)nnc1-c1csc2c1CC[C@@H](C)C2. The Morgan fingerprint density at radius 2 is 2.36 bits per heavy atom. The van der Waals surface area contributed by atoms with Gasteiger partial charge in [-0.05, 0) is 30.7 Å². The van der Waals surface area contributed by atoms with Gasteiger partial charge in [0.1, 0.15) is 12.4 Å². The molecule has 28 heavy (non-hydrogen) atoms. The molecule has 10 heteroatoms. The van der Waals surface area contributed by atoms with Gasteiger partial charge in [0.15, 0.2) is 11.0 Å². The molecule has 0 radical (unpaired) electrons. The number of hydrogen-bond acceptors (Lipinski definition) is 7. The maximum Gasteiger partial charge on any atom is 0.307 e. The van der Waals surface area contributed by atoms with Gasteiger partial charge in [-0.15, -0.1) is 28.1 Å². The van der Waals surface area contributed by atoms with Crippen LogP contribution in [-0.4, -0.2) is 29.5 Å². The first-order chi connectivity index (χ1) is 13.6. The molecule has 4 rings (SSSR count). The topological polar surface area (TPSA) is 91.7 Å². The fourth-order valence-electron chi connectivity index (χ4n) is 3.39. The smallest absolute Gasteiger partial charge is 0.298 e. The number of allylic oxidation sites excluding steroid dienone is 1. The van der Waals surface area contributed by atoms with Crippen molar-refractivity contribution in [2.75, 3.05) is 0 Å². The lowest BCUT2D eigenvalue weighted by Gasteiger charge is -2.19. The van der Waals surface area contributed by atoms with Crippen LogP contribution < -0.4 is 0 Å². The number of aromatic nitrogens is 5. The summed E-state index contributed by atoms with van der Waals surface area (Å²) in [5, 5.41) is 26.6. The highest BCUT2D eigenvalue weighted by molar-refractivity contribution is 7.98. The zero-order valence-corrected chi connectivity index (χ0v) is 17.1. The van der Waals surface area contributed by atoms with E-state index in [1.165, 1.54) is 51.3 Å². The van der Waals surface area contributed by atoms with Crippen LogP contribution in [0.15, 0.2) is 35.6 Å². The molecule has 0 N–H and O–H groups in total. The van der Waals surface area contributed by atoms with E-state index in [-0.39, 0.29) is 5.69 Å². The normalized spacial score (nSPS) is 16.1. The lowest BCUT2D eigenvalue weighted by Crippen LogP contribution is -2.10. The molecule has 0 aliphatic heterocycles. The van der Waals surface area contributed by atoms with Gasteiger partial charge in [-0.1, -0.05) is 24.8 Å². The third-order valence-corrected chi connectivity index (χ3v) is 6.83. The van der Waals surface area contributed by atoms with Gasteiger partial charge in [0.2, 0.25) is 0 Å². The molecule has 0 unspecified atom stereocenters. The second-order valence-corrected chi connectivity index (χ2v) is 8.75. The predicted octanol–water partition coefficient (Wildman–Crippen LogP) is 4.17. The summed E-state index contributed by atoms with van der Waals surface area (Å²) in [5.41, 5.74) is 2.55. The molecule has 0 amide bonds. The van der Waals surface area contributed by atoms with Gasteiger partial charge in [0, 0.05) is 22.4 Å². The largest absolute Gasteiger partial charge is 0.307 e. The molecular weight excluding hydrogens is 396 g/mol. The molecule has 3 aromatic rings. The summed E-state index contributed by atoms with van der Waals surface area (Å²) in [5.74, 6) is 2.01. The van der Waals surface area contributed by atoms with Gasteiger partial charge in [-0.25, -0.2) is 0 Å². The Balaban J connectivity index is 1.59. The van der Waals surface area contributed by atoms with Gasteiger partial charge in [-0.3, -0.25) is 19.4 Å². The van der Waals surface area contributed by atoms with E-state index < -0.39 is 4.92 Å². The Kier molecular flexibility index (Phi) is 5.31. The highest BCUT2D eigenvalue weighted by Gasteiger charge is 2.24. The fraction of sp³-hybridized carbons (Fsp3) is 0.389. The van der Waals surface area contributed by atoms with Crippen molar-refractivity contribution in [3.63, 3.8) is 0 Å². The lowest BCUT2D eigenvalue weighted by atomic mass is 9.88. The third kappa shape index (κ3) is 3.61. The van der Waals surface area contributed by atoms with Gasteiger partial charge < -0.3 is 0 Å². The maximum absolute atomic E-state index is 10.8. The van der Waals surface area contributed by atoms with Crippen molar-refractivity contribution in [1.82, 2.24) is 24.5 Å². The molecule has 1 aliphatic rings. The summed E-state index contributed by atoms with van der Waals surface area (Å²) >= 11 is 3.25. The quantitative estimate of drug-likeness (QED) is 0.248. The van der Waals surface area contributed by atoms with Gasteiger partial charge in [0.05, 0.1) is 10.8 Å². The number of nitrogens with zero attached hydrogens (tertiary/aromatic N) is 6. The molecule has 0 spiro atoms. The Bertz CT molecular complexity index is 1020. The van der Waals surface area contributed by atoms with Gasteiger partial charge in [-0.2, -0.15) is 5.10 Å². The van der Waals surface area contributed by atoms with Crippen LogP contribution in [0.25, 0.3) is 11.4 Å². The van der Waals surface area contributed by atoms with Crippen molar-refractivity contribution in [3.05, 3.63) is 51.0 Å². The summed E-state index contributed by atoms with van der Waals surface area (Å²) in [6, 6.07) is 0. The minimum atomic E-state index is -0.451. The third-order valence-electron chi connectivity index (χ3n) is 4.83. The standard InChI is InChI=1S/C18H20N6O2S2/c1-3-6-23-17(15-10-27-16-7-12(2)4-5-14(15)16)20-21-18(23)28-11-22-9-13(8-19-22)24(25)26/h3,8-10,12H,1,4-7,11H2,2H3/t12-/m1/s1. The van der Waals surface area contributed by atoms with Crippen molar-refractivity contribution in [1.29, 1.82) is 0 Å². The van der Waals surface area contributed by atoms with Crippen LogP contribution in [0.5, 0.6) is 0 Å². The molecule has 1 aliphatic carbocycles. The molecule has 0 saturated carbocycles. The van der Waals surface area contributed by atoms with E-state index in [0.29, 0.717) is 12.4 Å². The van der Waals surface area contributed by atoms with Crippen molar-refractivity contribution < 1.29 is 4.92 Å². The van der Waals surface area contributed by atoms with Crippen LogP contribution in [0, 0.1) is 16.0 Å². The molecule has 0 bridgehead atoms. The van der Waals surface area contributed by atoms with E-state index in [4.69, 9.17) is 0 Å². The van der Waals surface area contributed by atoms with Crippen LogP contribution in [0.4, 0.5) is 5.69 Å². The summed E-state index contributed by atoms with van der Waals surface area (Å²) in [6.45, 7) is 6.77. The zero-order chi connectivity index (χ0) is 19.7. The van der Waals surface area contributed by atoms with Crippen molar-refractivity contribution in [3.8, 4) is 11.4 Å². The van der Waals surface area contributed by atoms with Crippen LogP contribution in [0.1, 0.15) is 23.8 Å². The van der Waals surface area contributed by atoms with Gasteiger partial charge in [0.25, 0.3) is 0 Å². The predicted molar refractivity (Wildman–Crippen MR) is 109 cm³/mol. The fourth-order valence-corrected chi connectivity index (χ4v) is 5.44. The summed E-state index contributed by atoms with van der Waals surface area (Å²) in [6.07, 6.45) is 7.91. The Hall–Kier alpha value is -2.46. The number of nitro groups is 1. The van der Waals surface area contributed by atoms with Crippen molar-refractivity contribution in [2.45, 2.75) is 43.8 Å². The van der Waals surface area contributed by atoms with E-state index in [1.807, 2.05) is 17.4 Å². The molecule has 3 aromatic heterocycles. The molecule has 0 aromatic carbocycles. The zero-order valence-electron chi connectivity index (χ0n) is 15.4. The number of hydrogen-bond donors (Lipinski definition) is 0. The molecule has 3 heterocycles. The molecule has 146 valence electrons.